The summed E-state index contributed by atoms with van der Waals surface area (Å²) < 4.78 is 0. The molecular weight excluding hydrogens is 300 g/mol. The summed E-state index contributed by atoms with van der Waals surface area (Å²) >= 11 is 0. The van der Waals surface area contributed by atoms with Gasteiger partial charge in [0, 0.05) is 24.0 Å². The van der Waals surface area contributed by atoms with Crippen LogP contribution in [0.15, 0.2) is 24.3 Å². The maximum Gasteiger partial charge on any atom is 0.0834 e. The van der Waals surface area contributed by atoms with Gasteiger partial charge < -0.3 is 15.5 Å². The monoisotopic (exact) mass is 330 g/mol. The highest BCUT2D eigenvalue weighted by Gasteiger charge is 2.53. The van der Waals surface area contributed by atoms with Crippen LogP contribution >= 0.6 is 0 Å². The highest BCUT2D eigenvalue weighted by Crippen LogP contribution is 2.53. The lowest BCUT2D eigenvalue weighted by Gasteiger charge is -2.46. The van der Waals surface area contributed by atoms with E-state index in [0.717, 1.165) is 45.3 Å². The third kappa shape index (κ3) is 2.35. The first-order valence-electron chi connectivity index (χ1n) is 9.41. The van der Waals surface area contributed by atoms with Crippen molar-refractivity contribution in [3.8, 4) is 0 Å². The van der Waals surface area contributed by atoms with Gasteiger partial charge in [0.2, 0.25) is 0 Å². The van der Waals surface area contributed by atoms with E-state index in [1.54, 1.807) is 0 Å². The Balaban J connectivity index is 1.66. The zero-order valence-electron chi connectivity index (χ0n) is 14.7. The molecule has 4 heteroatoms. The molecule has 132 valence electrons. The molecule has 1 aromatic rings. The van der Waals surface area contributed by atoms with Gasteiger partial charge in [-0.3, -0.25) is 4.90 Å². The van der Waals surface area contributed by atoms with E-state index in [-0.39, 0.29) is 29.6 Å². The molecule has 1 saturated heterocycles. The second-order valence-corrected chi connectivity index (χ2v) is 8.31. The van der Waals surface area contributed by atoms with E-state index in [4.69, 9.17) is 0 Å². The van der Waals surface area contributed by atoms with Crippen molar-refractivity contribution in [2.45, 2.75) is 49.7 Å². The van der Waals surface area contributed by atoms with E-state index in [1.165, 1.54) is 17.5 Å². The summed E-state index contributed by atoms with van der Waals surface area (Å²) in [6.07, 6.45) is 5.06. The Morgan fingerprint density at radius 3 is 2.50 bits per heavy atom. The van der Waals surface area contributed by atoms with Crippen LogP contribution in [0.2, 0.25) is 0 Å². The molecule has 4 rings (SSSR count). The van der Waals surface area contributed by atoms with Gasteiger partial charge in [-0.1, -0.05) is 30.7 Å². The normalized spacial score (nSPS) is 30.3. The smallest absolute Gasteiger partial charge is 0.0834 e. The Labute approximate surface area is 144 Å². The summed E-state index contributed by atoms with van der Waals surface area (Å²) in [6.45, 7) is 3.08. The van der Waals surface area contributed by atoms with E-state index >= 15 is 0 Å². The van der Waals surface area contributed by atoms with Crippen LogP contribution in [0.1, 0.15) is 49.3 Å². The largest absolute Gasteiger partial charge is 0.396 e. The van der Waals surface area contributed by atoms with Crippen LogP contribution in [0.5, 0.6) is 0 Å². The molecule has 1 spiro atoms. The van der Waals surface area contributed by atoms with Crippen LogP contribution < -0.4 is 5.32 Å². The van der Waals surface area contributed by atoms with Crippen molar-refractivity contribution in [3.05, 3.63) is 35.4 Å². The van der Waals surface area contributed by atoms with Crippen LogP contribution in [0.25, 0.3) is 0 Å². The van der Waals surface area contributed by atoms with E-state index in [0.29, 0.717) is 0 Å². The molecule has 1 aliphatic heterocycles. The lowest BCUT2D eigenvalue weighted by atomic mass is 9.68. The molecule has 1 aromatic carbocycles. The van der Waals surface area contributed by atoms with Gasteiger partial charge in [0.1, 0.15) is 0 Å². The highest BCUT2D eigenvalue weighted by molar-refractivity contribution is 5.45. The van der Waals surface area contributed by atoms with Crippen molar-refractivity contribution >= 4 is 0 Å². The maximum atomic E-state index is 11.4. The zero-order valence-corrected chi connectivity index (χ0v) is 14.7. The average molecular weight is 330 g/mol. The fourth-order valence-electron chi connectivity index (χ4n) is 5.43. The maximum absolute atomic E-state index is 11.4. The molecule has 2 atom stereocenters. The molecule has 3 N–H and O–H groups in total. The van der Waals surface area contributed by atoms with Crippen molar-refractivity contribution in [3.63, 3.8) is 0 Å². The van der Waals surface area contributed by atoms with Crippen LogP contribution in [-0.4, -0.2) is 54.5 Å². The molecule has 0 radical (unpaired) electrons. The summed E-state index contributed by atoms with van der Waals surface area (Å²) in [5.41, 5.74) is 2.59. The molecule has 0 amide bonds. The van der Waals surface area contributed by atoms with Gasteiger partial charge in [-0.15, -0.1) is 0 Å². The number of rotatable bonds is 4. The highest BCUT2D eigenvalue weighted by atomic mass is 16.3. The Kier molecular flexibility index (Phi) is 4.20. The number of hydrogen-bond donors (Lipinski definition) is 3. The van der Waals surface area contributed by atoms with Crippen LogP contribution in [0.4, 0.5) is 0 Å². The molecule has 0 aromatic heterocycles. The van der Waals surface area contributed by atoms with Gasteiger partial charge in [-0.2, -0.15) is 0 Å². The second-order valence-electron chi connectivity index (χ2n) is 8.31. The number of nitrogens with zero attached hydrogens (tertiary/aromatic N) is 1. The van der Waals surface area contributed by atoms with Crippen molar-refractivity contribution < 1.29 is 10.2 Å². The number of aliphatic hydroxyl groups is 2. The van der Waals surface area contributed by atoms with Crippen LogP contribution in [-0.2, 0) is 5.41 Å². The number of benzene rings is 1. The molecule has 2 aliphatic carbocycles. The Morgan fingerprint density at radius 1 is 1.17 bits per heavy atom. The molecule has 4 nitrogen and oxygen atoms in total. The lowest BCUT2D eigenvalue weighted by molar-refractivity contribution is -0.0369. The number of nitrogens with one attached hydrogen (secondary N) is 1. The summed E-state index contributed by atoms with van der Waals surface area (Å²) in [5, 5.41) is 24.7. The van der Waals surface area contributed by atoms with Crippen LogP contribution in [0, 0.1) is 5.41 Å². The predicted octanol–water partition coefficient (Wildman–Crippen LogP) is 1.82. The van der Waals surface area contributed by atoms with Crippen molar-refractivity contribution in [1.29, 1.82) is 0 Å². The summed E-state index contributed by atoms with van der Waals surface area (Å²) in [5.74, 6) is 0. The number of fused-ring (bicyclic) bond motifs is 2. The number of aliphatic hydroxyl groups excluding tert-OH is 2. The standard InChI is InChI=1S/C20H30N2O2/c1-22(13-19(14-23)7-4-8-19)17-15-5-2-3-6-16(15)20(18(17)24)9-11-21-12-10-20/h2-3,5-6,17-18,21,23-24H,4,7-14H2,1H3/t17-,18+/m0/s1. The number of likely N-dealkylation sites (N-methyl/N-ethyl adjacent to an activating group) is 1. The Morgan fingerprint density at radius 2 is 1.88 bits per heavy atom. The van der Waals surface area contributed by atoms with Gasteiger partial charge in [-0.25, -0.2) is 0 Å². The minimum atomic E-state index is -0.363. The van der Waals surface area contributed by atoms with E-state index in [9.17, 15) is 10.2 Å². The van der Waals surface area contributed by atoms with Crippen molar-refractivity contribution in [2.24, 2.45) is 5.41 Å². The second kappa shape index (κ2) is 6.10. The summed E-state index contributed by atoms with van der Waals surface area (Å²) in [4.78, 5) is 2.32. The quantitative estimate of drug-likeness (QED) is 0.788. The summed E-state index contributed by atoms with van der Waals surface area (Å²) in [7, 11) is 2.13. The van der Waals surface area contributed by atoms with Gasteiger partial charge in [-0.05, 0) is 56.9 Å². The van der Waals surface area contributed by atoms with E-state index in [2.05, 4.69) is 41.5 Å². The molecular formula is C20H30N2O2. The Hall–Kier alpha value is -0.940. The fourth-order valence-corrected chi connectivity index (χ4v) is 5.43. The minimum Gasteiger partial charge on any atom is -0.396 e. The van der Waals surface area contributed by atoms with Crippen molar-refractivity contribution in [2.75, 3.05) is 33.3 Å². The minimum absolute atomic E-state index is 0.0447. The third-order valence-electron chi connectivity index (χ3n) is 6.99. The molecule has 1 saturated carbocycles. The lowest BCUT2D eigenvalue weighted by Crippen LogP contribution is -2.50. The average Bonchev–Trinajstić information content (AvgIpc) is 2.81. The SMILES string of the molecule is CN(CC1(CO)CCC1)[C@H]1c2ccccc2C2(CCNCC2)[C@@H]1O. The van der Waals surface area contributed by atoms with Gasteiger partial charge >= 0.3 is 0 Å². The molecule has 0 unspecified atom stereocenters. The third-order valence-corrected chi connectivity index (χ3v) is 6.99. The first kappa shape index (κ1) is 16.5. The van der Waals surface area contributed by atoms with Gasteiger partial charge in [0.15, 0.2) is 0 Å². The van der Waals surface area contributed by atoms with Gasteiger partial charge in [0.05, 0.1) is 12.1 Å². The first-order valence-corrected chi connectivity index (χ1v) is 9.41. The van der Waals surface area contributed by atoms with Gasteiger partial charge in [0.25, 0.3) is 0 Å². The first-order chi connectivity index (χ1) is 11.6. The Bertz CT molecular complexity index is 588. The fraction of sp³-hybridized carbons (Fsp3) is 0.700. The summed E-state index contributed by atoms with van der Waals surface area (Å²) in [6, 6.07) is 8.67. The topological polar surface area (TPSA) is 55.7 Å². The molecule has 2 fully saturated rings. The molecule has 0 bridgehead atoms. The molecule has 1 heterocycles. The van der Waals surface area contributed by atoms with E-state index < -0.39 is 0 Å². The molecule has 24 heavy (non-hydrogen) atoms. The molecule has 3 aliphatic rings. The zero-order chi connectivity index (χ0) is 16.8. The van der Waals surface area contributed by atoms with E-state index in [1.807, 2.05) is 0 Å². The predicted molar refractivity (Wildman–Crippen MR) is 95.0 cm³/mol. The number of piperidine rings is 1. The van der Waals surface area contributed by atoms with Crippen molar-refractivity contribution in [1.82, 2.24) is 10.2 Å². The van der Waals surface area contributed by atoms with Crippen LogP contribution in [0.3, 0.4) is 0 Å². The number of hydrogen-bond acceptors (Lipinski definition) is 4.